The van der Waals surface area contributed by atoms with E-state index in [1.807, 2.05) is 30.0 Å². The molecule has 17 heavy (non-hydrogen) atoms. The third kappa shape index (κ3) is 2.34. The average Bonchev–Trinajstić information content (AvgIpc) is 2.57. The smallest absolute Gasteiger partial charge is 0.224 e. The molecule has 92 valence electrons. The Morgan fingerprint density at radius 2 is 2.29 bits per heavy atom. The first kappa shape index (κ1) is 12.9. The number of nitrogens with zero attached hydrogens (tertiary/aromatic N) is 1. The van der Waals surface area contributed by atoms with Crippen LogP contribution in [0.25, 0.3) is 0 Å². The van der Waals surface area contributed by atoms with Crippen LogP contribution in [0.5, 0.6) is 0 Å². The maximum atomic E-state index is 11.8. The summed E-state index contributed by atoms with van der Waals surface area (Å²) in [6.45, 7) is 2.63. The molecule has 1 fully saturated rings. The molecule has 1 aliphatic heterocycles. The van der Waals surface area contributed by atoms with Gasteiger partial charge in [0.15, 0.2) is 0 Å². The normalized spacial score (nSPS) is 24.5. The standard InChI is InChI=1S/C12H14BrClN2O/c1-2-16-11(17)6-10(15)12(16)7-3-4-8(13)9(14)5-7/h3-5,10,12H,2,6,15H2,1H3. The summed E-state index contributed by atoms with van der Waals surface area (Å²) >= 11 is 9.43. The van der Waals surface area contributed by atoms with Gasteiger partial charge in [0.1, 0.15) is 0 Å². The molecule has 1 saturated heterocycles. The maximum Gasteiger partial charge on any atom is 0.224 e. The topological polar surface area (TPSA) is 46.3 Å². The van der Waals surface area contributed by atoms with Crippen LogP contribution >= 0.6 is 27.5 Å². The van der Waals surface area contributed by atoms with E-state index in [1.165, 1.54) is 0 Å². The monoisotopic (exact) mass is 316 g/mol. The zero-order chi connectivity index (χ0) is 12.6. The van der Waals surface area contributed by atoms with Crippen LogP contribution in [0.4, 0.5) is 0 Å². The molecule has 2 atom stereocenters. The maximum absolute atomic E-state index is 11.8. The van der Waals surface area contributed by atoms with E-state index in [1.54, 1.807) is 0 Å². The fourth-order valence-corrected chi connectivity index (χ4v) is 2.75. The Labute approximate surface area is 114 Å². The van der Waals surface area contributed by atoms with E-state index in [-0.39, 0.29) is 18.0 Å². The molecule has 2 N–H and O–H groups in total. The van der Waals surface area contributed by atoms with E-state index < -0.39 is 0 Å². The predicted molar refractivity (Wildman–Crippen MR) is 71.9 cm³/mol. The Balaban J connectivity index is 2.37. The minimum absolute atomic E-state index is 0.0573. The molecule has 1 amide bonds. The van der Waals surface area contributed by atoms with Gasteiger partial charge >= 0.3 is 0 Å². The molecule has 1 heterocycles. The van der Waals surface area contributed by atoms with Crippen LogP contribution in [0.3, 0.4) is 0 Å². The van der Waals surface area contributed by atoms with Crippen molar-refractivity contribution in [1.29, 1.82) is 0 Å². The zero-order valence-corrected chi connectivity index (χ0v) is 11.8. The second kappa shape index (κ2) is 4.96. The van der Waals surface area contributed by atoms with Gasteiger partial charge in [0.05, 0.1) is 11.1 Å². The Hall–Kier alpha value is -0.580. The molecule has 0 aromatic heterocycles. The van der Waals surface area contributed by atoms with Gasteiger partial charge in [-0.3, -0.25) is 4.79 Å². The van der Waals surface area contributed by atoms with Crippen molar-refractivity contribution in [3.63, 3.8) is 0 Å². The van der Waals surface area contributed by atoms with Gasteiger partial charge < -0.3 is 10.6 Å². The van der Waals surface area contributed by atoms with Gasteiger partial charge in [0.25, 0.3) is 0 Å². The first-order chi connectivity index (χ1) is 8.04. The number of hydrogen-bond acceptors (Lipinski definition) is 2. The molecular formula is C12H14BrClN2O. The first-order valence-corrected chi connectivity index (χ1v) is 6.71. The molecular weight excluding hydrogens is 304 g/mol. The molecule has 5 heteroatoms. The molecule has 0 aliphatic carbocycles. The predicted octanol–water partition coefficient (Wildman–Crippen LogP) is 2.72. The van der Waals surface area contributed by atoms with Crippen LogP contribution in [0.2, 0.25) is 5.02 Å². The van der Waals surface area contributed by atoms with Crippen molar-refractivity contribution in [3.8, 4) is 0 Å². The summed E-state index contributed by atoms with van der Waals surface area (Å²) in [6.07, 6.45) is 0.409. The van der Waals surface area contributed by atoms with E-state index in [2.05, 4.69) is 15.9 Å². The Kier molecular flexibility index (Phi) is 3.76. The van der Waals surface area contributed by atoms with Crippen molar-refractivity contribution in [2.75, 3.05) is 6.54 Å². The van der Waals surface area contributed by atoms with E-state index in [0.717, 1.165) is 10.0 Å². The molecule has 0 bridgehead atoms. The van der Waals surface area contributed by atoms with E-state index in [9.17, 15) is 4.79 Å². The third-order valence-corrected chi connectivity index (χ3v) is 4.33. The summed E-state index contributed by atoms with van der Waals surface area (Å²) in [5.41, 5.74) is 7.04. The second-order valence-corrected chi connectivity index (χ2v) is 5.43. The lowest BCUT2D eigenvalue weighted by Gasteiger charge is -2.26. The Bertz CT molecular complexity index is 452. The highest BCUT2D eigenvalue weighted by Gasteiger charge is 2.37. The molecule has 0 radical (unpaired) electrons. The van der Waals surface area contributed by atoms with Crippen LogP contribution in [0.1, 0.15) is 24.9 Å². The SMILES string of the molecule is CCN1C(=O)CC(N)C1c1ccc(Br)c(Cl)c1. The van der Waals surface area contributed by atoms with Gasteiger partial charge in [0, 0.05) is 23.5 Å². The fourth-order valence-electron chi connectivity index (χ4n) is 2.31. The lowest BCUT2D eigenvalue weighted by molar-refractivity contribution is -0.128. The molecule has 2 unspecified atom stereocenters. The van der Waals surface area contributed by atoms with Crippen LogP contribution in [0, 0.1) is 0 Å². The fraction of sp³-hybridized carbons (Fsp3) is 0.417. The van der Waals surface area contributed by atoms with Gasteiger partial charge in [-0.1, -0.05) is 17.7 Å². The Morgan fingerprint density at radius 1 is 1.59 bits per heavy atom. The number of carbonyl (C=O) groups is 1. The number of hydrogen-bond donors (Lipinski definition) is 1. The minimum atomic E-state index is -0.153. The third-order valence-electron chi connectivity index (χ3n) is 3.10. The van der Waals surface area contributed by atoms with Crippen molar-refractivity contribution in [1.82, 2.24) is 4.90 Å². The van der Waals surface area contributed by atoms with Crippen LogP contribution in [-0.4, -0.2) is 23.4 Å². The summed E-state index contributed by atoms with van der Waals surface area (Å²) in [7, 11) is 0. The lowest BCUT2D eigenvalue weighted by atomic mass is 10.0. The van der Waals surface area contributed by atoms with E-state index in [0.29, 0.717) is 18.0 Å². The van der Waals surface area contributed by atoms with Gasteiger partial charge in [-0.2, -0.15) is 0 Å². The van der Waals surface area contributed by atoms with Crippen LogP contribution in [0.15, 0.2) is 22.7 Å². The molecule has 2 rings (SSSR count). The van der Waals surface area contributed by atoms with Crippen molar-refractivity contribution < 1.29 is 4.79 Å². The van der Waals surface area contributed by atoms with Crippen LogP contribution in [-0.2, 0) is 4.79 Å². The number of carbonyl (C=O) groups excluding carboxylic acids is 1. The van der Waals surface area contributed by atoms with Crippen molar-refractivity contribution in [2.45, 2.75) is 25.4 Å². The van der Waals surface area contributed by atoms with Gasteiger partial charge in [-0.05, 0) is 40.5 Å². The summed E-state index contributed by atoms with van der Waals surface area (Å²) in [4.78, 5) is 13.6. The molecule has 1 aromatic rings. The molecule has 1 aliphatic rings. The summed E-state index contributed by atoms with van der Waals surface area (Å²) in [6, 6.07) is 5.51. The second-order valence-electron chi connectivity index (χ2n) is 4.17. The van der Waals surface area contributed by atoms with Crippen molar-refractivity contribution >= 4 is 33.4 Å². The first-order valence-electron chi connectivity index (χ1n) is 5.54. The number of amides is 1. The van der Waals surface area contributed by atoms with Crippen LogP contribution < -0.4 is 5.73 Å². The Morgan fingerprint density at radius 3 is 2.88 bits per heavy atom. The van der Waals surface area contributed by atoms with Crippen molar-refractivity contribution in [3.05, 3.63) is 33.3 Å². The lowest BCUT2D eigenvalue weighted by Crippen LogP contribution is -2.32. The average molecular weight is 318 g/mol. The van der Waals surface area contributed by atoms with Crippen molar-refractivity contribution in [2.24, 2.45) is 5.73 Å². The summed E-state index contributed by atoms with van der Waals surface area (Å²) < 4.78 is 0.851. The quantitative estimate of drug-likeness (QED) is 0.911. The molecule has 0 saturated carbocycles. The van der Waals surface area contributed by atoms with Gasteiger partial charge in [-0.25, -0.2) is 0 Å². The highest BCUT2D eigenvalue weighted by atomic mass is 79.9. The zero-order valence-electron chi connectivity index (χ0n) is 9.49. The van der Waals surface area contributed by atoms with E-state index >= 15 is 0 Å². The largest absolute Gasteiger partial charge is 0.334 e. The number of likely N-dealkylation sites (N-methyl/N-ethyl adjacent to an activating group) is 1. The van der Waals surface area contributed by atoms with Gasteiger partial charge in [0.2, 0.25) is 5.91 Å². The number of nitrogens with two attached hydrogens (primary N) is 1. The highest BCUT2D eigenvalue weighted by molar-refractivity contribution is 9.10. The number of halogens is 2. The molecule has 3 nitrogen and oxygen atoms in total. The molecule has 0 spiro atoms. The number of benzene rings is 1. The highest BCUT2D eigenvalue weighted by Crippen LogP contribution is 2.34. The van der Waals surface area contributed by atoms with Gasteiger partial charge in [-0.15, -0.1) is 0 Å². The summed E-state index contributed by atoms with van der Waals surface area (Å²) in [5.74, 6) is 0.115. The molecule has 1 aromatic carbocycles. The van der Waals surface area contributed by atoms with E-state index in [4.69, 9.17) is 17.3 Å². The number of rotatable bonds is 2. The summed E-state index contributed by atoms with van der Waals surface area (Å²) in [5, 5.41) is 0.644. The number of likely N-dealkylation sites (tertiary alicyclic amines) is 1. The minimum Gasteiger partial charge on any atom is -0.334 e.